The van der Waals surface area contributed by atoms with Gasteiger partial charge in [-0.25, -0.2) is 4.68 Å². The first-order valence-electron chi connectivity index (χ1n) is 12.3. The molecule has 2 aromatic carbocycles. The van der Waals surface area contributed by atoms with Crippen molar-refractivity contribution in [2.45, 2.75) is 45.5 Å². The fraction of sp³-hybridized carbons (Fsp3) is 0.286. The molecule has 1 amide bonds. The number of carbonyl (C=O) groups excluding carboxylic acids is 1. The van der Waals surface area contributed by atoms with Crippen molar-refractivity contribution in [1.29, 1.82) is 0 Å². The number of rotatable bonds is 10. The second kappa shape index (κ2) is 11.6. The van der Waals surface area contributed by atoms with Crippen LogP contribution in [0, 0.1) is 20.8 Å². The Morgan fingerprint density at radius 2 is 1.89 bits per heavy atom. The summed E-state index contributed by atoms with van der Waals surface area (Å²) in [7, 11) is 1.79. The first-order chi connectivity index (χ1) is 18.2. The standard InChI is InChI=1S/C28H32N6O3S/c1-7-15-33-26(21(5)37-23-14-13-18(2)16-19(23)3)30-31-28(33)38-17-24(35)29-25-20(4)32(6)34(27(25)36)22-11-9-8-10-12-22/h7-14,16,21H,1,15,17H2,2-6H3,(H,29,35). The number of hydrogen-bond donors (Lipinski definition) is 1. The van der Waals surface area contributed by atoms with Crippen LogP contribution in [0.1, 0.15) is 35.7 Å². The monoisotopic (exact) mass is 532 g/mol. The third kappa shape index (κ3) is 5.60. The average Bonchev–Trinajstić information content (AvgIpc) is 3.39. The zero-order valence-electron chi connectivity index (χ0n) is 22.3. The van der Waals surface area contributed by atoms with E-state index in [4.69, 9.17) is 4.74 Å². The minimum atomic E-state index is -0.365. The molecule has 0 aliphatic heterocycles. The summed E-state index contributed by atoms with van der Waals surface area (Å²) in [5.74, 6) is 1.16. The van der Waals surface area contributed by atoms with Gasteiger partial charge >= 0.3 is 0 Å². The van der Waals surface area contributed by atoms with Crippen molar-refractivity contribution in [1.82, 2.24) is 24.1 Å². The molecule has 10 heteroatoms. The highest BCUT2D eigenvalue weighted by atomic mass is 32.2. The molecule has 9 nitrogen and oxygen atoms in total. The van der Waals surface area contributed by atoms with Crippen molar-refractivity contribution >= 4 is 23.4 Å². The van der Waals surface area contributed by atoms with Crippen LogP contribution in [0.4, 0.5) is 5.69 Å². The minimum Gasteiger partial charge on any atom is -0.482 e. The summed E-state index contributed by atoms with van der Waals surface area (Å²) in [6.07, 6.45) is 1.38. The SMILES string of the molecule is C=CCn1c(SCC(=O)Nc2c(C)n(C)n(-c3ccccc3)c2=O)nnc1C(C)Oc1ccc(C)cc1C. The van der Waals surface area contributed by atoms with E-state index in [1.165, 1.54) is 22.0 Å². The minimum absolute atomic E-state index is 0.0562. The van der Waals surface area contributed by atoms with Crippen LogP contribution in [0.15, 0.2) is 71.1 Å². The van der Waals surface area contributed by atoms with E-state index in [0.29, 0.717) is 23.2 Å². The van der Waals surface area contributed by atoms with E-state index in [1.807, 2.05) is 67.8 Å². The van der Waals surface area contributed by atoms with E-state index < -0.39 is 0 Å². The molecular formula is C28H32N6O3S. The fourth-order valence-electron chi connectivity index (χ4n) is 4.20. The summed E-state index contributed by atoms with van der Waals surface area (Å²) in [5, 5.41) is 12.0. The summed E-state index contributed by atoms with van der Waals surface area (Å²) in [4.78, 5) is 26.0. The van der Waals surface area contributed by atoms with Gasteiger partial charge in [-0.05, 0) is 51.5 Å². The van der Waals surface area contributed by atoms with E-state index in [2.05, 4.69) is 28.2 Å². The highest BCUT2D eigenvalue weighted by Gasteiger charge is 2.22. The van der Waals surface area contributed by atoms with Gasteiger partial charge in [-0.2, -0.15) is 0 Å². The normalized spacial score (nSPS) is 11.8. The van der Waals surface area contributed by atoms with Crippen LogP contribution < -0.4 is 15.6 Å². The van der Waals surface area contributed by atoms with Crippen LogP contribution in [0.5, 0.6) is 5.75 Å². The highest BCUT2D eigenvalue weighted by molar-refractivity contribution is 7.99. The number of nitrogens with zero attached hydrogens (tertiary/aromatic N) is 5. The van der Waals surface area contributed by atoms with Crippen LogP contribution in [0.3, 0.4) is 0 Å². The third-order valence-corrected chi connectivity index (χ3v) is 7.17. The number of benzene rings is 2. The largest absolute Gasteiger partial charge is 0.482 e. The van der Waals surface area contributed by atoms with Gasteiger partial charge in [0.1, 0.15) is 11.4 Å². The Balaban J connectivity index is 1.48. The van der Waals surface area contributed by atoms with E-state index in [-0.39, 0.29) is 29.0 Å². The summed E-state index contributed by atoms with van der Waals surface area (Å²) in [6.45, 7) is 12.1. The van der Waals surface area contributed by atoms with Gasteiger partial charge in [0.2, 0.25) is 5.91 Å². The van der Waals surface area contributed by atoms with Gasteiger partial charge in [-0.1, -0.05) is 53.7 Å². The van der Waals surface area contributed by atoms with E-state index in [1.54, 1.807) is 24.7 Å². The molecule has 198 valence electrons. The molecule has 0 bridgehead atoms. The molecule has 0 radical (unpaired) electrons. The fourth-order valence-corrected chi connectivity index (χ4v) is 4.96. The van der Waals surface area contributed by atoms with E-state index in [9.17, 15) is 9.59 Å². The van der Waals surface area contributed by atoms with E-state index >= 15 is 0 Å². The average molecular weight is 533 g/mol. The Morgan fingerprint density at radius 3 is 2.58 bits per heavy atom. The number of anilines is 1. The number of aromatic nitrogens is 5. The number of hydrogen-bond acceptors (Lipinski definition) is 6. The zero-order valence-corrected chi connectivity index (χ0v) is 23.1. The molecule has 1 atom stereocenters. The molecule has 0 aliphatic rings. The summed E-state index contributed by atoms with van der Waals surface area (Å²) < 4.78 is 11.3. The van der Waals surface area contributed by atoms with Crippen molar-refractivity contribution in [2.75, 3.05) is 11.1 Å². The van der Waals surface area contributed by atoms with Gasteiger partial charge in [-0.15, -0.1) is 16.8 Å². The lowest BCUT2D eigenvalue weighted by molar-refractivity contribution is -0.113. The van der Waals surface area contributed by atoms with Crippen molar-refractivity contribution in [2.24, 2.45) is 7.05 Å². The molecule has 2 heterocycles. The number of nitrogens with one attached hydrogen (secondary N) is 1. The van der Waals surface area contributed by atoms with Gasteiger partial charge in [0.15, 0.2) is 17.1 Å². The maximum absolute atomic E-state index is 13.1. The number of ether oxygens (including phenoxy) is 1. The number of aryl methyl sites for hydroxylation is 2. The predicted octanol–water partition coefficient (Wildman–Crippen LogP) is 4.75. The van der Waals surface area contributed by atoms with Gasteiger partial charge in [-0.3, -0.25) is 18.8 Å². The molecular weight excluding hydrogens is 500 g/mol. The molecule has 0 fully saturated rings. The molecule has 0 aliphatic carbocycles. The molecule has 38 heavy (non-hydrogen) atoms. The van der Waals surface area contributed by atoms with Crippen molar-refractivity contribution in [3.05, 3.63) is 94.2 Å². The van der Waals surface area contributed by atoms with Crippen molar-refractivity contribution < 1.29 is 9.53 Å². The molecule has 0 spiro atoms. The summed E-state index contributed by atoms with van der Waals surface area (Å²) in [6, 6.07) is 15.3. The van der Waals surface area contributed by atoms with Gasteiger partial charge in [0, 0.05) is 13.6 Å². The molecule has 2 aromatic heterocycles. The number of para-hydroxylation sites is 1. The van der Waals surface area contributed by atoms with Crippen LogP contribution in [0.25, 0.3) is 5.69 Å². The number of carbonyl (C=O) groups is 1. The Kier molecular flexibility index (Phi) is 8.21. The molecule has 0 saturated heterocycles. The summed E-state index contributed by atoms with van der Waals surface area (Å²) >= 11 is 1.24. The third-order valence-electron chi connectivity index (χ3n) is 6.21. The topological polar surface area (TPSA) is 96.0 Å². The Bertz CT molecular complexity index is 1520. The second-order valence-corrected chi connectivity index (χ2v) is 9.98. The molecule has 0 saturated carbocycles. The van der Waals surface area contributed by atoms with Gasteiger partial charge in [0.25, 0.3) is 5.56 Å². The van der Waals surface area contributed by atoms with Gasteiger partial charge < -0.3 is 10.1 Å². The smallest absolute Gasteiger partial charge is 0.295 e. The van der Waals surface area contributed by atoms with Crippen LogP contribution in [-0.2, 0) is 18.4 Å². The Hall–Kier alpha value is -4.05. The maximum atomic E-state index is 13.1. The van der Waals surface area contributed by atoms with Gasteiger partial charge in [0.05, 0.1) is 17.1 Å². The van der Waals surface area contributed by atoms with Crippen LogP contribution in [-0.4, -0.2) is 35.8 Å². The van der Waals surface area contributed by atoms with Crippen LogP contribution >= 0.6 is 11.8 Å². The first kappa shape index (κ1) is 27.0. The first-order valence-corrected chi connectivity index (χ1v) is 13.2. The molecule has 1 N–H and O–H groups in total. The highest BCUT2D eigenvalue weighted by Crippen LogP contribution is 2.27. The number of amides is 1. The van der Waals surface area contributed by atoms with Crippen molar-refractivity contribution in [3.63, 3.8) is 0 Å². The molecule has 4 rings (SSSR count). The lowest BCUT2D eigenvalue weighted by Crippen LogP contribution is -2.23. The van der Waals surface area contributed by atoms with Crippen molar-refractivity contribution in [3.8, 4) is 11.4 Å². The Labute approximate surface area is 226 Å². The number of allylic oxidation sites excluding steroid dienone is 1. The zero-order chi connectivity index (χ0) is 27.4. The van der Waals surface area contributed by atoms with E-state index in [0.717, 1.165) is 17.0 Å². The lowest BCUT2D eigenvalue weighted by atomic mass is 10.1. The number of thioether (sulfide) groups is 1. The molecule has 4 aromatic rings. The molecule has 1 unspecified atom stereocenters. The predicted molar refractivity (Wildman–Crippen MR) is 150 cm³/mol. The quantitative estimate of drug-likeness (QED) is 0.234. The maximum Gasteiger partial charge on any atom is 0.295 e. The Morgan fingerprint density at radius 1 is 1.16 bits per heavy atom. The second-order valence-electron chi connectivity index (χ2n) is 9.04. The van der Waals surface area contributed by atoms with Crippen LogP contribution in [0.2, 0.25) is 0 Å². The lowest BCUT2D eigenvalue weighted by Gasteiger charge is -2.17. The summed E-state index contributed by atoms with van der Waals surface area (Å²) in [5.41, 5.74) is 3.56.